The molecule has 0 bridgehead atoms. The highest BCUT2D eigenvalue weighted by Gasteiger charge is 2.26. The van der Waals surface area contributed by atoms with E-state index in [-0.39, 0.29) is 5.41 Å². The fraction of sp³-hybridized carbons (Fsp3) is 0.875. The molecule has 2 amide bonds. The molecule has 1 rings (SSSR count). The molecular weight excluding hydrogens is 154 g/mol. The van der Waals surface area contributed by atoms with E-state index < -0.39 is 6.03 Å². The van der Waals surface area contributed by atoms with Crippen LogP contribution in [0.1, 0.15) is 19.8 Å². The monoisotopic (exact) mass is 171 g/mol. The van der Waals surface area contributed by atoms with Crippen molar-refractivity contribution in [3.63, 3.8) is 0 Å². The van der Waals surface area contributed by atoms with Crippen LogP contribution in [0.15, 0.2) is 0 Å². The third kappa shape index (κ3) is 2.70. The number of amides is 2. The Bertz CT molecular complexity index is 164. The number of piperidine rings is 1. The number of carbonyl (C=O) groups is 1. The van der Waals surface area contributed by atoms with E-state index in [9.17, 15) is 4.79 Å². The number of hydrogen-bond donors (Lipinski definition) is 3. The Morgan fingerprint density at radius 3 is 3.00 bits per heavy atom. The van der Waals surface area contributed by atoms with Crippen molar-refractivity contribution >= 4 is 6.03 Å². The normalized spacial score (nSPS) is 29.8. The van der Waals surface area contributed by atoms with Crippen LogP contribution in [0.2, 0.25) is 0 Å². The molecule has 1 aliphatic heterocycles. The van der Waals surface area contributed by atoms with Gasteiger partial charge >= 0.3 is 6.03 Å². The second kappa shape index (κ2) is 3.76. The van der Waals surface area contributed by atoms with Gasteiger partial charge in [-0.15, -0.1) is 0 Å². The number of nitrogens with two attached hydrogens (primary N) is 1. The topological polar surface area (TPSA) is 67.1 Å². The summed E-state index contributed by atoms with van der Waals surface area (Å²) < 4.78 is 0. The van der Waals surface area contributed by atoms with Gasteiger partial charge in [0.15, 0.2) is 0 Å². The van der Waals surface area contributed by atoms with Gasteiger partial charge in [-0.2, -0.15) is 0 Å². The zero-order valence-electron chi connectivity index (χ0n) is 7.52. The molecule has 0 aliphatic carbocycles. The molecule has 4 N–H and O–H groups in total. The summed E-state index contributed by atoms with van der Waals surface area (Å²) in [5.74, 6) is 0. The van der Waals surface area contributed by atoms with Crippen LogP contribution in [-0.2, 0) is 0 Å². The number of hydrogen-bond acceptors (Lipinski definition) is 2. The fourth-order valence-electron chi connectivity index (χ4n) is 1.57. The summed E-state index contributed by atoms with van der Waals surface area (Å²) in [6.45, 7) is 4.89. The van der Waals surface area contributed by atoms with Gasteiger partial charge in [0.05, 0.1) is 0 Å². The first-order valence-electron chi connectivity index (χ1n) is 4.36. The smallest absolute Gasteiger partial charge is 0.312 e. The second-order valence-electron chi connectivity index (χ2n) is 3.81. The van der Waals surface area contributed by atoms with E-state index in [0.717, 1.165) is 19.5 Å². The molecule has 1 saturated heterocycles. The molecule has 0 spiro atoms. The minimum absolute atomic E-state index is 0.188. The molecule has 4 nitrogen and oxygen atoms in total. The maximum atomic E-state index is 10.5. The lowest BCUT2D eigenvalue weighted by atomic mass is 9.83. The zero-order valence-corrected chi connectivity index (χ0v) is 7.52. The van der Waals surface area contributed by atoms with Crippen LogP contribution in [0.5, 0.6) is 0 Å². The Kier molecular flexibility index (Phi) is 2.92. The Labute approximate surface area is 72.9 Å². The lowest BCUT2D eigenvalue weighted by Gasteiger charge is -2.33. The van der Waals surface area contributed by atoms with Crippen LogP contribution >= 0.6 is 0 Å². The van der Waals surface area contributed by atoms with Gasteiger partial charge in [0.25, 0.3) is 0 Å². The third-order valence-electron chi connectivity index (χ3n) is 2.38. The summed E-state index contributed by atoms with van der Waals surface area (Å²) in [5, 5.41) is 5.96. The maximum Gasteiger partial charge on any atom is 0.312 e. The Hall–Kier alpha value is -0.770. The number of urea groups is 1. The van der Waals surface area contributed by atoms with Crippen LogP contribution < -0.4 is 16.4 Å². The van der Waals surface area contributed by atoms with E-state index in [0.29, 0.717) is 6.54 Å². The molecule has 0 aromatic carbocycles. The van der Waals surface area contributed by atoms with E-state index in [1.165, 1.54) is 6.42 Å². The molecular formula is C8H17N3O. The summed E-state index contributed by atoms with van der Waals surface area (Å²) >= 11 is 0. The first-order chi connectivity index (χ1) is 5.62. The summed E-state index contributed by atoms with van der Waals surface area (Å²) in [7, 11) is 0. The lowest BCUT2D eigenvalue weighted by molar-refractivity contribution is 0.216. The molecule has 1 fully saturated rings. The molecule has 12 heavy (non-hydrogen) atoms. The van der Waals surface area contributed by atoms with Crippen molar-refractivity contribution in [1.82, 2.24) is 10.6 Å². The molecule has 0 aromatic rings. The van der Waals surface area contributed by atoms with Crippen LogP contribution in [0.3, 0.4) is 0 Å². The highest BCUT2D eigenvalue weighted by Crippen LogP contribution is 2.23. The highest BCUT2D eigenvalue weighted by molar-refractivity contribution is 5.71. The van der Waals surface area contributed by atoms with Gasteiger partial charge in [0.2, 0.25) is 0 Å². The third-order valence-corrected chi connectivity index (χ3v) is 2.38. The lowest BCUT2D eigenvalue weighted by Crippen LogP contribution is -2.46. The SMILES string of the molecule is CC1(CNC(N)=O)CCCNC1. The van der Waals surface area contributed by atoms with Crippen molar-refractivity contribution in [2.75, 3.05) is 19.6 Å². The predicted octanol–water partition coefficient (Wildman–Crippen LogP) is 0.0444. The van der Waals surface area contributed by atoms with Gasteiger partial charge in [0, 0.05) is 13.1 Å². The predicted molar refractivity (Wildman–Crippen MR) is 47.8 cm³/mol. The van der Waals surface area contributed by atoms with E-state index >= 15 is 0 Å². The van der Waals surface area contributed by atoms with Crippen LogP contribution in [-0.4, -0.2) is 25.7 Å². The Morgan fingerprint density at radius 1 is 1.75 bits per heavy atom. The molecule has 1 unspecified atom stereocenters. The summed E-state index contributed by atoms with van der Waals surface area (Å²) in [5.41, 5.74) is 5.19. The van der Waals surface area contributed by atoms with Gasteiger partial charge in [-0.05, 0) is 24.8 Å². The van der Waals surface area contributed by atoms with Gasteiger partial charge in [-0.3, -0.25) is 0 Å². The van der Waals surface area contributed by atoms with Gasteiger partial charge in [-0.1, -0.05) is 6.92 Å². The molecule has 0 saturated carbocycles. The van der Waals surface area contributed by atoms with Gasteiger partial charge < -0.3 is 16.4 Å². The first kappa shape index (κ1) is 9.32. The van der Waals surface area contributed by atoms with E-state index in [4.69, 9.17) is 5.73 Å². The fourth-order valence-corrected chi connectivity index (χ4v) is 1.57. The van der Waals surface area contributed by atoms with Crippen molar-refractivity contribution < 1.29 is 4.79 Å². The van der Waals surface area contributed by atoms with E-state index in [2.05, 4.69) is 17.6 Å². The number of carbonyl (C=O) groups excluding carboxylic acids is 1. The molecule has 0 aromatic heterocycles. The average Bonchev–Trinajstić information content (AvgIpc) is 2.03. The minimum Gasteiger partial charge on any atom is -0.352 e. The Morgan fingerprint density at radius 2 is 2.50 bits per heavy atom. The molecule has 0 radical (unpaired) electrons. The molecule has 1 aliphatic rings. The van der Waals surface area contributed by atoms with Crippen molar-refractivity contribution in [3.8, 4) is 0 Å². The van der Waals surface area contributed by atoms with Crippen LogP contribution in [0.4, 0.5) is 4.79 Å². The van der Waals surface area contributed by atoms with E-state index in [1.807, 2.05) is 0 Å². The zero-order chi connectivity index (χ0) is 9.03. The molecule has 1 heterocycles. The van der Waals surface area contributed by atoms with Crippen molar-refractivity contribution in [3.05, 3.63) is 0 Å². The molecule has 70 valence electrons. The van der Waals surface area contributed by atoms with E-state index in [1.54, 1.807) is 0 Å². The van der Waals surface area contributed by atoms with Crippen LogP contribution in [0.25, 0.3) is 0 Å². The quantitative estimate of drug-likeness (QED) is 0.549. The summed E-state index contributed by atoms with van der Waals surface area (Å²) in [6.07, 6.45) is 2.33. The van der Waals surface area contributed by atoms with Crippen molar-refractivity contribution in [1.29, 1.82) is 0 Å². The number of primary amides is 1. The molecule has 4 heteroatoms. The maximum absolute atomic E-state index is 10.5. The Balaban J connectivity index is 2.31. The van der Waals surface area contributed by atoms with Crippen molar-refractivity contribution in [2.45, 2.75) is 19.8 Å². The minimum atomic E-state index is -0.429. The first-order valence-corrected chi connectivity index (χ1v) is 4.36. The van der Waals surface area contributed by atoms with Crippen LogP contribution in [0, 0.1) is 5.41 Å². The second-order valence-corrected chi connectivity index (χ2v) is 3.81. The largest absolute Gasteiger partial charge is 0.352 e. The van der Waals surface area contributed by atoms with Gasteiger partial charge in [-0.25, -0.2) is 4.79 Å². The number of nitrogens with one attached hydrogen (secondary N) is 2. The summed E-state index contributed by atoms with van der Waals surface area (Å²) in [6, 6.07) is -0.429. The van der Waals surface area contributed by atoms with Crippen molar-refractivity contribution in [2.24, 2.45) is 11.1 Å². The average molecular weight is 171 g/mol. The standard InChI is InChI=1S/C8H17N3O/c1-8(6-11-7(9)12)3-2-4-10-5-8/h10H,2-6H2,1H3,(H3,9,11,12). The molecule has 1 atom stereocenters. The number of rotatable bonds is 2. The summed E-state index contributed by atoms with van der Waals surface area (Å²) in [4.78, 5) is 10.5. The van der Waals surface area contributed by atoms with Gasteiger partial charge in [0.1, 0.15) is 0 Å². The highest BCUT2D eigenvalue weighted by atomic mass is 16.2.